The van der Waals surface area contributed by atoms with Crippen molar-refractivity contribution in [3.05, 3.63) is 42.6 Å². The van der Waals surface area contributed by atoms with Gasteiger partial charge in [0, 0.05) is 31.7 Å². The molecule has 1 amide bonds. The van der Waals surface area contributed by atoms with Crippen molar-refractivity contribution in [2.75, 3.05) is 12.3 Å². The summed E-state index contributed by atoms with van der Waals surface area (Å²) < 4.78 is 1.89. The van der Waals surface area contributed by atoms with Crippen LogP contribution in [-0.2, 0) is 6.54 Å². The van der Waals surface area contributed by atoms with Crippen molar-refractivity contribution in [1.82, 2.24) is 19.9 Å². The fourth-order valence-electron chi connectivity index (χ4n) is 1.36. The molecule has 0 aromatic carbocycles. The fraction of sp³-hybridized carbons (Fsp3) is 0.182. The van der Waals surface area contributed by atoms with E-state index in [0.717, 1.165) is 0 Å². The zero-order valence-electron chi connectivity index (χ0n) is 9.21. The Kier molecular flexibility index (Phi) is 3.34. The minimum absolute atomic E-state index is 0.155. The first kappa shape index (κ1) is 11.1. The van der Waals surface area contributed by atoms with Crippen molar-refractivity contribution >= 4 is 11.7 Å². The molecule has 0 fully saturated rings. The number of imidazole rings is 1. The molecule has 88 valence electrons. The van der Waals surface area contributed by atoms with E-state index >= 15 is 0 Å². The van der Waals surface area contributed by atoms with Crippen LogP contribution in [0, 0.1) is 0 Å². The predicted molar refractivity (Wildman–Crippen MR) is 63.2 cm³/mol. The third-order valence-corrected chi connectivity index (χ3v) is 2.26. The molecule has 0 unspecified atom stereocenters. The molecule has 2 aromatic rings. The molecule has 0 spiro atoms. The molecular formula is C11H13N5O. The molecule has 0 saturated heterocycles. The van der Waals surface area contributed by atoms with Crippen LogP contribution in [0.3, 0.4) is 0 Å². The highest BCUT2D eigenvalue weighted by Crippen LogP contribution is 2.00. The molecule has 0 aliphatic carbocycles. The average Bonchev–Trinajstić information content (AvgIpc) is 2.83. The molecule has 6 heteroatoms. The van der Waals surface area contributed by atoms with E-state index in [1.54, 1.807) is 24.7 Å². The quantitative estimate of drug-likeness (QED) is 0.792. The van der Waals surface area contributed by atoms with Crippen molar-refractivity contribution in [3.8, 4) is 0 Å². The molecule has 0 bridgehead atoms. The lowest BCUT2D eigenvalue weighted by molar-refractivity contribution is 0.0952. The zero-order chi connectivity index (χ0) is 12.1. The van der Waals surface area contributed by atoms with Gasteiger partial charge in [-0.25, -0.2) is 9.97 Å². The topological polar surface area (TPSA) is 85.8 Å². The lowest BCUT2D eigenvalue weighted by atomic mass is 10.2. The summed E-state index contributed by atoms with van der Waals surface area (Å²) in [6.45, 7) is 1.23. The van der Waals surface area contributed by atoms with Crippen molar-refractivity contribution in [2.45, 2.75) is 6.54 Å². The number of carbonyl (C=O) groups excluding carboxylic acids is 1. The van der Waals surface area contributed by atoms with E-state index in [0.29, 0.717) is 24.5 Å². The molecule has 0 radical (unpaired) electrons. The van der Waals surface area contributed by atoms with Gasteiger partial charge in [-0.2, -0.15) is 0 Å². The normalized spacial score (nSPS) is 10.1. The highest BCUT2D eigenvalue weighted by molar-refractivity contribution is 5.93. The Bertz CT molecular complexity index is 477. The lowest BCUT2D eigenvalue weighted by Crippen LogP contribution is -2.27. The van der Waals surface area contributed by atoms with Gasteiger partial charge < -0.3 is 15.6 Å². The number of amides is 1. The van der Waals surface area contributed by atoms with Crippen molar-refractivity contribution in [3.63, 3.8) is 0 Å². The number of rotatable bonds is 4. The van der Waals surface area contributed by atoms with E-state index in [9.17, 15) is 4.79 Å². The Hall–Kier alpha value is -2.37. The summed E-state index contributed by atoms with van der Waals surface area (Å²) in [5, 5.41) is 2.79. The summed E-state index contributed by atoms with van der Waals surface area (Å²) in [6, 6.07) is 3.25. The van der Waals surface area contributed by atoms with Gasteiger partial charge in [0.05, 0.1) is 11.9 Å². The lowest BCUT2D eigenvalue weighted by Gasteiger charge is -2.05. The molecule has 0 atom stereocenters. The standard InChI is InChI=1S/C11H13N5O/c12-10-2-1-9(7-15-10)11(17)14-4-6-16-5-3-13-8-16/h1-3,5,7-8H,4,6H2,(H2,12,15)(H,14,17). The third kappa shape index (κ3) is 3.04. The molecule has 2 rings (SSSR count). The van der Waals surface area contributed by atoms with Crippen LogP contribution in [0.4, 0.5) is 5.82 Å². The third-order valence-electron chi connectivity index (χ3n) is 2.26. The minimum Gasteiger partial charge on any atom is -0.384 e. The highest BCUT2D eigenvalue weighted by Gasteiger charge is 2.04. The number of pyridine rings is 1. The first-order chi connectivity index (χ1) is 8.25. The smallest absolute Gasteiger partial charge is 0.252 e. The van der Waals surface area contributed by atoms with Gasteiger partial charge in [0.25, 0.3) is 5.91 Å². The van der Waals surface area contributed by atoms with Crippen LogP contribution in [0.2, 0.25) is 0 Å². The summed E-state index contributed by atoms with van der Waals surface area (Å²) in [4.78, 5) is 19.4. The maximum atomic E-state index is 11.7. The number of hydrogen-bond donors (Lipinski definition) is 2. The first-order valence-electron chi connectivity index (χ1n) is 5.21. The molecule has 2 aromatic heterocycles. The van der Waals surface area contributed by atoms with Crippen LogP contribution >= 0.6 is 0 Å². The van der Waals surface area contributed by atoms with Crippen LogP contribution < -0.4 is 11.1 Å². The Morgan fingerprint density at radius 2 is 2.35 bits per heavy atom. The van der Waals surface area contributed by atoms with Crippen LogP contribution in [-0.4, -0.2) is 27.0 Å². The molecule has 2 heterocycles. The average molecular weight is 231 g/mol. The van der Waals surface area contributed by atoms with E-state index in [2.05, 4.69) is 15.3 Å². The monoisotopic (exact) mass is 231 g/mol. The van der Waals surface area contributed by atoms with Crippen molar-refractivity contribution in [1.29, 1.82) is 0 Å². The van der Waals surface area contributed by atoms with Gasteiger partial charge in [-0.1, -0.05) is 0 Å². The molecule has 17 heavy (non-hydrogen) atoms. The number of nitrogen functional groups attached to an aromatic ring is 1. The Labute approximate surface area is 98.5 Å². The van der Waals surface area contributed by atoms with Crippen LogP contribution in [0.5, 0.6) is 0 Å². The van der Waals surface area contributed by atoms with Gasteiger partial charge in [0.15, 0.2) is 0 Å². The van der Waals surface area contributed by atoms with Gasteiger partial charge in [0.1, 0.15) is 5.82 Å². The van der Waals surface area contributed by atoms with Crippen LogP contribution in [0.1, 0.15) is 10.4 Å². The number of nitrogens with two attached hydrogens (primary N) is 1. The van der Waals surface area contributed by atoms with Gasteiger partial charge in [-0.3, -0.25) is 4.79 Å². The second-order valence-corrected chi connectivity index (χ2v) is 3.53. The van der Waals surface area contributed by atoms with Crippen LogP contribution in [0.25, 0.3) is 0 Å². The van der Waals surface area contributed by atoms with Crippen molar-refractivity contribution in [2.24, 2.45) is 0 Å². The number of carbonyl (C=O) groups is 1. The zero-order valence-corrected chi connectivity index (χ0v) is 9.21. The summed E-state index contributed by atoms with van der Waals surface area (Å²) in [6.07, 6.45) is 6.71. The fourth-order valence-corrected chi connectivity index (χ4v) is 1.36. The van der Waals surface area contributed by atoms with E-state index in [1.165, 1.54) is 6.20 Å². The molecule has 0 aliphatic rings. The second kappa shape index (κ2) is 5.11. The van der Waals surface area contributed by atoms with E-state index in [1.807, 2.05) is 10.8 Å². The van der Waals surface area contributed by atoms with Gasteiger partial charge in [0.2, 0.25) is 0 Å². The Balaban J connectivity index is 1.83. The molecular weight excluding hydrogens is 218 g/mol. The maximum absolute atomic E-state index is 11.7. The summed E-state index contributed by atoms with van der Waals surface area (Å²) in [5.74, 6) is 0.248. The Morgan fingerprint density at radius 1 is 1.47 bits per heavy atom. The number of hydrogen-bond acceptors (Lipinski definition) is 4. The SMILES string of the molecule is Nc1ccc(C(=O)NCCn2ccnc2)cn1. The predicted octanol–water partition coefficient (Wildman–Crippen LogP) is 0.290. The van der Waals surface area contributed by atoms with Gasteiger partial charge >= 0.3 is 0 Å². The summed E-state index contributed by atoms with van der Waals surface area (Å²) in [5.41, 5.74) is 5.94. The second-order valence-electron chi connectivity index (χ2n) is 3.53. The summed E-state index contributed by atoms with van der Waals surface area (Å²) in [7, 11) is 0. The number of nitrogens with zero attached hydrogens (tertiary/aromatic N) is 3. The number of anilines is 1. The number of nitrogens with one attached hydrogen (secondary N) is 1. The molecule has 6 nitrogen and oxygen atoms in total. The minimum atomic E-state index is -0.155. The molecule has 3 N–H and O–H groups in total. The maximum Gasteiger partial charge on any atom is 0.252 e. The number of aromatic nitrogens is 3. The van der Waals surface area contributed by atoms with E-state index < -0.39 is 0 Å². The first-order valence-corrected chi connectivity index (χ1v) is 5.21. The largest absolute Gasteiger partial charge is 0.384 e. The molecule has 0 saturated carbocycles. The highest BCUT2D eigenvalue weighted by atomic mass is 16.1. The van der Waals surface area contributed by atoms with Crippen molar-refractivity contribution < 1.29 is 4.79 Å². The van der Waals surface area contributed by atoms with Crippen LogP contribution in [0.15, 0.2) is 37.1 Å². The van der Waals surface area contributed by atoms with E-state index in [-0.39, 0.29) is 5.91 Å². The summed E-state index contributed by atoms with van der Waals surface area (Å²) >= 11 is 0. The van der Waals surface area contributed by atoms with Gasteiger partial charge in [-0.05, 0) is 12.1 Å². The Morgan fingerprint density at radius 3 is 3.00 bits per heavy atom. The van der Waals surface area contributed by atoms with Gasteiger partial charge in [-0.15, -0.1) is 0 Å². The van der Waals surface area contributed by atoms with E-state index in [4.69, 9.17) is 5.73 Å². The molecule has 0 aliphatic heterocycles.